The van der Waals surface area contributed by atoms with Crippen molar-refractivity contribution in [2.45, 2.75) is 6.92 Å². The first-order valence-electron chi connectivity index (χ1n) is 3.38. The van der Waals surface area contributed by atoms with Gasteiger partial charge in [0, 0.05) is 11.8 Å². The van der Waals surface area contributed by atoms with Gasteiger partial charge in [0.05, 0.1) is 4.92 Å². The van der Waals surface area contributed by atoms with E-state index in [1.54, 1.807) is 13.0 Å². The highest BCUT2D eigenvalue weighted by Gasteiger charge is 2.11. The first-order valence-corrected chi connectivity index (χ1v) is 3.76. The molecule has 1 aromatic heterocycles. The summed E-state index contributed by atoms with van der Waals surface area (Å²) in [5, 5.41) is 17.0. The monoisotopic (exact) mass is 218 g/mol. The van der Waals surface area contributed by atoms with E-state index < -0.39 is 4.92 Å². The summed E-state index contributed by atoms with van der Waals surface area (Å²) in [6.45, 7) is 1.47. The van der Waals surface area contributed by atoms with Crippen molar-refractivity contribution < 1.29 is 14.8 Å². The van der Waals surface area contributed by atoms with E-state index in [1.807, 2.05) is 0 Å². The molecule has 1 heterocycles. The molecule has 0 spiro atoms. The fourth-order valence-corrected chi connectivity index (χ4v) is 0.919. The van der Waals surface area contributed by atoms with Crippen molar-refractivity contribution in [3.63, 3.8) is 0 Å². The van der Waals surface area contributed by atoms with Crippen molar-refractivity contribution in [1.82, 2.24) is 4.98 Å². The molecule has 0 aliphatic carbocycles. The second kappa shape index (κ2) is 5.87. The van der Waals surface area contributed by atoms with Crippen LogP contribution in [0.5, 0.6) is 0 Å². The molecule has 0 aromatic carbocycles. The van der Waals surface area contributed by atoms with Gasteiger partial charge in [-0.3, -0.25) is 14.9 Å². The Morgan fingerprint density at radius 3 is 2.50 bits per heavy atom. The lowest BCUT2D eigenvalue weighted by Crippen LogP contribution is -1.91. The Morgan fingerprint density at radius 1 is 1.64 bits per heavy atom. The number of hydrogen-bond acceptors (Lipinski definition) is 4. The quantitative estimate of drug-likeness (QED) is 0.335. The molecule has 76 valence electrons. The van der Waals surface area contributed by atoms with Gasteiger partial charge in [-0.05, 0) is 13.0 Å². The molecule has 1 N–H and O–H groups in total. The van der Waals surface area contributed by atoms with Crippen LogP contribution in [0.25, 0.3) is 0 Å². The average molecular weight is 219 g/mol. The van der Waals surface area contributed by atoms with Crippen LogP contribution in [0.4, 0.5) is 5.69 Å². The number of halogens is 1. The summed E-state index contributed by atoms with van der Waals surface area (Å²) in [5.41, 5.74) is 0.512. The van der Waals surface area contributed by atoms with Crippen LogP contribution in [0.1, 0.15) is 5.69 Å². The molecule has 0 aliphatic heterocycles. The predicted octanol–water partition coefficient (Wildman–Crippen LogP) is 1.65. The van der Waals surface area contributed by atoms with Gasteiger partial charge in [0.25, 0.3) is 6.47 Å². The Balaban J connectivity index is 0.000000500. The SMILES string of the molecule is Cc1ccc([N+](=O)[O-])c(Cl)n1.O=CO. The Morgan fingerprint density at radius 2 is 2.14 bits per heavy atom. The third kappa shape index (κ3) is 3.81. The summed E-state index contributed by atoms with van der Waals surface area (Å²) >= 11 is 5.47. The number of carbonyl (C=O) groups is 1. The van der Waals surface area contributed by atoms with E-state index in [9.17, 15) is 10.1 Å². The zero-order valence-electron chi connectivity index (χ0n) is 7.18. The first kappa shape index (κ1) is 12.3. The van der Waals surface area contributed by atoms with Crippen molar-refractivity contribution in [3.8, 4) is 0 Å². The number of aromatic nitrogens is 1. The molecule has 0 aliphatic rings. The van der Waals surface area contributed by atoms with Crippen LogP contribution < -0.4 is 0 Å². The molecule has 0 unspecified atom stereocenters. The molecule has 14 heavy (non-hydrogen) atoms. The Bertz CT molecular complexity index is 342. The third-order valence-corrected chi connectivity index (χ3v) is 1.44. The molecule has 7 heteroatoms. The van der Waals surface area contributed by atoms with Crippen LogP contribution in [0.3, 0.4) is 0 Å². The minimum atomic E-state index is -0.561. The van der Waals surface area contributed by atoms with E-state index in [-0.39, 0.29) is 17.3 Å². The summed E-state index contributed by atoms with van der Waals surface area (Å²) in [5.74, 6) is 0. The van der Waals surface area contributed by atoms with Crippen molar-refractivity contribution in [1.29, 1.82) is 0 Å². The summed E-state index contributed by atoms with van der Waals surface area (Å²) in [6.07, 6.45) is 0. The molecule has 1 aromatic rings. The van der Waals surface area contributed by atoms with Crippen LogP contribution in [0.2, 0.25) is 5.15 Å². The summed E-state index contributed by atoms with van der Waals surface area (Å²) in [6, 6.07) is 2.88. The number of aryl methyl sites for hydroxylation is 1. The van der Waals surface area contributed by atoms with Gasteiger partial charge in [-0.25, -0.2) is 4.98 Å². The number of nitro groups is 1. The molecule has 6 nitrogen and oxygen atoms in total. The summed E-state index contributed by atoms with van der Waals surface area (Å²) < 4.78 is 0. The normalized spacial score (nSPS) is 8.43. The van der Waals surface area contributed by atoms with E-state index >= 15 is 0 Å². The molecule has 0 fully saturated rings. The van der Waals surface area contributed by atoms with Crippen LogP contribution in [-0.4, -0.2) is 21.5 Å². The lowest BCUT2D eigenvalue weighted by molar-refractivity contribution is -0.385. The molecule has 0 saturated heterocycles. The summed E-state index contributed by atoms with van der Waals surface area (Å²) in [7, 11) is 0. The van der Waals surface area contributed by atoms with Crippen molar-refractivity contribution >= 4 is 23.8 Å². The van der Waals surface area contributed by atoms with Gasteiger partial charge in [0.1, 0.15) is 0 Å². The van der Waals surface area contributed by atoms with Crippen LogP contribution in [-0.2, 0) is 4.79 Å². The van der Waals surface area contributed by atoms with Gasteiger partial charge < -0.3 is 5.11 Å². The van der Waals surface area contributed by atoms with E-state index in [0.717, 1.165) is 0 Å². The predicted molar refractivity (Wildman–Crippen MR) is 49.3 cm³/mol. The standard InChI is InChI=1S/C6H5ClN2O2.CH2O2/c1-4-2-3-5(9(10)11)6(7)8-4;2-1-3/h2-3H,1H3;1H,(H,2,3). The number of nitrogens with zero attached hydrogens (tertiary/aromatic N) is 2. The van der Waals surface area contributed by atoms with Crippen LogP contribution in [0.15, 0.2) is 12.1 Å². The topological polar surface area (TPSA) is 93.3 Å². The number of carboxylic acid groups (broad SMARTS) is 1. The van der Waals surface area contributed by atoms with Gasteiger partial charge in [0.2, 0.25) is 5.15 Å². The zero-order chi connectivity index (χ0) is 11.1. The van der Waals surface area contributed by atoms with Crippen molar-refractivity contribution in [3.05, 3.63) is 33.1 Å². The fraction of sp³-hybridized carbons (Fsp3) is 0.143. The first-order chi connectivity index (χ1) is 6.52. The highest BCUT2D eigenvalue weighted by molar-refractivity contribution is 6.31. The van der Waals surface area contributed by atoms with E-state index in [0.29, 0.717) is 5.69 Å². The molecule has 1 rings (SSSR count). The lowest BCUT2D eigenvalue weighted by Gasteiger charge is -1.94. The number of pyridine rings is 1. The van der Waals surface area contributed by atoms with E-state index in [4.69, 9.17) is 21.5 Å². The van der Waals surface area contributed by atoms with Crippen molar-refractivity contribution in [2.24, 2.45) is 0 Å². The van der Waals surface area contributed by atoms with Crippen LogP contribution >= 0.6 is 11.6 Å². The maximum atomic E-state index is 10.2. The highest BCUT2D eigenvalue weighted by atomic mass is 35.5. The minimum absolute atomic E-state index is 0.0602. The van der Waals surface area contributed by atoms with Gasteiger partial charge >= 0.3 is 5.69 Å². The molecule has 0 atom stereocenters. The second-order valence-corrected chi connectivity index (χ2v) is 2.48. The number of hydrogen-bond donors (Lipinski definition) is 1. The Hall–Kier alpha value is -1.69. The van der Waals surface area contributed by atoms with Crippen LogP contribution in [0, 0.1) is 17.0 Å². The largest absolute Gasteiger partial charge is 0.483 e. The van der Waals surface area contributed by atoms with E-state index in [2.05, 4.69) is 4.98 Å². The molecule has 0 radical (unpaired) electrons. The lowest BCUT2D eigenvalue weighted by atomic mass is 10.3. The number of rotatable bonds is 1. The van der Waals surface area contributed by atoms with E-state index in [1.165, 1.54) is 6.07 Å². The zero-order valence-corrected chi connectivity index (χ0v) is 7.93. The molecular weight excluding hydrogens is 212 g/mol. The maximum Gasteiger partial charge on any atom is 0.306 e. The smallest absolute Gasteiger partial charge is 0.306 e. The fourth-order valence-electron chi connectivity index (χ4n) is 0.654. The minimum Gasteiger partial charge on any atom is -0.483 e. The molecular formula is C7H7ClN2O4. The van der Waals surface area contributed by atoms with Gasteiger partial charge in [-0.1, -0.05) is 11.6 Å². The maximum absolute atomic E-state index is 10.2. The highest BCUT2D eigenvalue weighted by Crippen LogP contribution is 2.20. The second-order valence-electron chi connectivity index (χ2n) is 2.13. The van der Waals surface area contributed by atoms with Crippen molar-refractivity contribution in [2.75, 3.05) is 0 Å². The van der Waals surface area contributed by atoms with Gasteiger partial charge in [-0.15, -0.1) is 0 Å². The summed E-state index contributed by atoms with van der Waals surface area (Å²) in [4.78, 5) is 21.7. The average Bonchev–Trinajstić information content (AvgIpc) is 2.04. The molecule has 0 saturated carbocycles. The molecule has 0 amide bonds. The Labute approximate surface area is 84.3 Å². The Kier molecular flexibility index (Phi) is 5.16. The van der Waals surface area contributed by atoms with Gasteiger partial charge in [0.15, 0.2) is 0 Å². The molecule has 0 bridgehead atoms. The van der Waals surface area contributed by atoms with Gasteiger partial charge in [-0.2, -0.15) is 0 Å². The third-order valence-electron chi connectivity index (χ3n) is 1.16.